The van der Waals surface area contributed by atoms with Gasteiger partial charge >= 0.3 is 0 Å². The van der Waals surface area contributed by atoms with Crippen molar-refractivity contribution in [1.29, 1.82) is 0 Å². The Hall–Kier alpha value is -3.66. The van der Waals surface area contributed by atoms with Crippen molar-refractivity contribution in [1.82, 2.24) is 34.7 Å². The van der Waals surface area contributed by atoms with Crippen LogP contribution >= 0.6 is 11.8 Å². The first kappa shape index (κ1) is 16.5. The number of nitrogens with two attached hydrogens (primary N) is 1. The largest absolute Gasteiger partial charge is 0.469 e. The Labute approximate surface area is 163 Å². The number of rotatable bonds is 4. The smallest absolute Gasteiger partial charge is 0.216 e. The molecule has 2 N–H and O–H groups in total. The molecule has 10 heteroatoms. The van der Waals surface area contributed by atoms with Gasteiger partial charge in [-0.3, -0.25) is 0 Å². The van der Waals surface area contributed by atoms with Gasteiger partial charge in [0.15, 0.2) is 17.3 Å². The standard InChI is InChI=1S/C18H14N8OS/c1-11-13(9-10-27-11)17-22-23-18(25(17)19)28-15-8-7-14-20-21-16(26(14)24-15)12-5-3-2-4-6-12/h2-10H,19H2,1H3. The predicted octanol–water partition coefficient (Wildman–Crippen LogP) is 2.82. The molecule has 0 saturated carbocycles. The quantitative estimate of drug-likeness (QED) is 0.466. The van der Waals surface area contributed by atoms with Crippen molar-refractivity contribution in [2.75, 3.05) is 5.84 Å². The zero-order valence-corrected chi connectivity index (χ0v) is 15.5. The van der Waals surface area contributed by atoms with E-state index in [9.17, 15) is 0 Å². The Morgan fingerprint density at radius 1 is 0.929 bits per heavy atom. The fraction of sp³-hybridized carbons (Fsp3) is 0.0556. The molecule has 4 heterocycles. The van der Waals surface area contributed by atoms with Crippen LogP contribution in [0.4, 0.5) is 0 Å². The Kier molecular flexibility index (Phi) is 3.83. The first-order chi connectivity index (χ1) is 13.7. The monoisotopic (exact) mass is 390 g/mol. The van der Waals surface area contributed by atoms with Gasteiger partial charge < -0.3 is 10.3 Å². The second-order valence-electron chi connectivity index (χ2n) is 6.00. The molecular weight excluding hydrogens is 376 g/mol. The van der Waals surface area contributed by atoms with Crippen molar-refractivity contribution >= 4 is 17.4 Å². The summed E-state index contributed by atoms with van der Waals surface area (Å²) in [4.78, 5) is 0. The number of aryl methyl sites for hydroxylation is 1. The van der Waals surface area contributed by atoms with Crippen molar-refractivity contribution in [3.8, 4) is 22.8 Å². The van der Waals surface area contributed by atoms with E-state index in [-0.39, 0.29) is 0 Å². The third-order valence-electron chi connectivity index (χ3n) is 4.23. The van der Waals surface area contributed by atoms with Gasteiger partial charge in [-0.25, -0.2) is 4.68 Å². The molecule has 0 spiro atoms. The van der Waals surface area contributed by atoms with E-state index in [1.165, 1.54) is 16.4 Å². The van der Waals surface area contributed by atoms with Crippen LogP contribution in [-0.2, 0) is 0 Å². The second-order valence-corrected chi connectivity index (χ2v) is 6.99. The minimum absolute atomic E-state index is 0.511. The number of fused-ring (bicyclic) bond motifs is 1. The van der Waals surface area contributed by atoms with Crippen molar-refractivity contribution in [3.63, 3.8) is 0 Å². The van der Waals surface area contributed by atoms with Crippen LogP contribution in [-0.4, -0.2) is 34.7 Å². The summed E-state index contributed by atoms with van der Waals surface area (Å²) in [5.41, 5.74) is 2.40. The Morgan fingerprint density at radius 2 is 1.75 bits per heavy atom. The fourth-order valence-corrected chi connectivity index (χ4v) is 3.55. The van der Waals surface area contributed by atoms with Gasteiger partial charge in [0.05, 0.1) is 11.8 Å². The normalized spacial score (nSPS) is 11.3. The molecule has 0 radical (unpaired) electrons. The molecule has 0 amide bonds. The van der Waals surface area contributed by atoms with Crippen LogP contribution in [0.5, 0.6) is 0 Å². The molecule has 9 nitrogen and oxygen atoms in total. The molecule has 0 aliphatic carbocycles. The van der Waals surface area contributed by atoms with Crippen molar-refractivity contribution in [2.24, 2.45) is 0 Å². The van der Waals surface area contributed by atoms with Crippen LogP contribution in [0.25, 0.3) is 28.4 Å². The SMILES string of the molecule is Cc1occc1-c1nnc(Sc2ccc3nnc(-c4ccccc4)n3n2)n1N. The number of hydrogen-bond acceptors (Lipinski definition) is 8. The highest BCUT2D eigenvalue weighted by atomic mass is 32.2. The van der Waals surface area contributed by atoms with E-state index in [0.717, 1.165) is 16.9 Å². The molecule has 0 unspecified atom stereocenters. The number of aromatic nitrogens is 7. The average Bonchev–Trinajstić information content (AvgIpc) is 3.42. The number of furan rings is 1. The summed E-state index contributed by atoms with van der Waals surface area (Å²) >= 11 is 1.31. The predicted molar refractivity (Wildman–Crippen MR) is 103 cm³/mol. The summed E-state index contributed by atoms with van der Waals surface area (Å²) < 4.78 is 8.46. The summed E-state index contributed by atoms with van der Waals surface area (Å²) in [6.45, 7) is 1.85. The molecule has 1 aromatic carbocycles. The van der Waals surface area contributed by atoms with Crippen molar-refractivity contribution in [3.05, 3.63) is 60.6 Å². The van der Waals surface area contributed by atoms with Crippen LogP contribution in [0.1, 0.15) is 5.76 Å². The van der Waals surface area contributed by atoms with Gasteiger partial charge in [0, 0.05) is 5.56 Å². The van der Waals surface area contributed by atoms with E-state index in [2.05, 4.69) is 25.5 Å². The lowest BCUT2D eigenvalue weighted by molar-refractivity contribution is 0.535. The average molecular weight is 390 g/mol. The van der Waals surface area contributed by atoms with Gasteiger partial charge in [0.2, 0.25) is 5.16 Å². The highest BCUT2D eigenvalue weighted by Crippen LogP contribution is 2.29. The molecule has 28 heavy (non-hydrogen) atoms. The van der Waals surface area contributed by atoms with Gasteiger partial charge in [-0.05, 0) is 36.9 Å². The zero-order chi connectivity index (χ0) is 19.1. The number of benzene rings is 1. The summed E-state index contributed by atoms with van der Waals surface area (Å²) in [6.07, 6.45) is 1.60. The van der Waals surface area contributed by atoms with Crippen molar-refractivity contribution < 1.29 is 4.42 Å². The summed E-state index contributed by atoms with van der Waals surface area (Å²) in [6, 6.07) is 15.3. The van der Waals surface area contributed by atoms with Gasteiger partial charge in [0.25, 0.3) is 0 Å². The van der Waals surface area contributed by atoms with Gasteiger partial charge in [-0.15, -0.1) is 20.4 Å². The third kappa shape index (κ3) is 2.70. The van der Waals surface area contributed by atoms with E-state index >= 15 is 0 Å². The summed E-state index contributed by atoms with van der Waals surface area (Å²) in [7, 11) is 0. The highest BCUT2D eigenvalue weighted by molar-refractivity contribution is 7.99. The lowest BCUT2D eigenvalue weighted by atomic mass is 10.2. The highest BCUT2D eigenvalue weighted by Gasteiger charge is 2.17. The van der Waals surface area contributed by atoms with Crippen LogP contribution in [0.15, 0.2) is 69.4 Å². The molecule has 0 aliphatic heterocycles. The maximum atomic E-state index is 6.19. The molecule has 5 aromatic rings. The number of nitrogen functional groups attached to an aromatic ring is 1. The summed E-state index contributed by atoms with van der Waals surface area (Å²) in [5, 5.41) is 22.6. The van der Waals surface area contributed by atoms with Crippen LogP contribution in [0.2, 0.25) is 0 Å². The Bertz CT molecular complexity index is 1270. The number of nitrogens with zero attached hydrogens (tertiary/aromatic N) is 7. The van der Waals surface area contributed by atoms with Gasteiger partial charge in [-0.1, -0.05) is 30.3 Å². The molecule has 0 aliphatic rings. The molecule has 0 atom stereocenters. The Morgan fingerprint density at radius 3 is 2.54 bits per heavy atom. The second kappa shape index (κ2) is 6.50. The van der Waals surface area contributed by atoms with E-state index in [0.29, 0.717) is 27.5 Å². The minimum atomic E-state index is 0.511. The fourth-order valence-electron chi connectivity index (χ4n) is 2.83. The van der Waals surface area contributed by atoms with Crippen LogP contribution < -0.4 is 5.84 Å². The minimum Gasteiger partial charge on any atom is -0.469 e. The van der Waals surface area contributed by atoms with Crippen molar-refractivity contribution in [2.45, 2.75) is 17.1 Å². The zero-order valence-electron chi connectivity index (χ0n) is 14.7. The van der Waals surface area contributed by atoms with E-state index < -0.39 is 0 Å². The molecular formula is C18H14N8OS. The third-order valence-corrected chi connectivity index (χ3v) is 5.12. The van der Waals surface area contributed by atoms with E-state index in [1.807, 2.05) is 55.5 Å². The topological polar surface area (TPSA) is 113 Å². The first-order valence-electron chi connectivity index (χ1n) is 8.41. The summed E-state index contributed by atoms with van der Waals surface area (Å²) in [5.74, 6) is 8.12. The Balaban J connectivity index is 1.51. The maximum Gasteiger partial charge on any atom is 0.216 e. The first-order valence-corrected chi connectivity index (χ1v) is 9.23. The molecule has 0 fully saturated rings. The van der Waals surface area contributed by atoms with E-state index in [1.54, 1.807) is 10.8 Å². The molecule has 138 valence electrons. The van der Waals surface area contributed by atoms with E-state index in [4.69, 9.17) is 10.3 Å². The lowest BCUT2D eigenvalue weighted by Crippen LogP contribution is -2.11. The molecule has 4 aromatic heterocycles. The molecule has 5 rings (SSSR count). The molecule has 0 bridgehead atoms. The lowest BCUT2D eigenvalue weighted by Gasteiger charge is -2.04. The number of hydrogen-bond donors (Lipinski definition) is 1. The van der Waals surface area contributed by atoms with Gasteiger partial charge in [-0.2, -0.15) is 9.61 Å². The maximum absolute atomic E-state index is 6.19. The van der Waals surface area contributed by atoms with Gasteiger partial charge in [0.1, 0.15) is 10.8 Å². The molecule has 0 saturated heterocycles. The van der Waals surface area contributed by atoms with Crippen LogP contribution in [0, 0.1) is 6.92 Å². The van der Waals surface area contributed by atoms with Crippen LogP contribution in [0.3, 0.4) is 0 Å².